The zero-order valence-electron chi connectivity index (χ0n) is 9.67. The van der Waals surface area contributed by atoms with E-state index >= 15 is 0 Å². The van der Waals surface area contributed by atoms with Crippen LogP contribution in [0, 0.1) is 6.92 Å². The van der Waals surface area contributed by atoms with Crippen molar-refractivity contribution in [2.24, 2.45) is 7.05 Å². The lowest BCUT2D eigenvalue weighted by Gasteiger charge is -2.05. The fourth-order valence-corrected chi connectivity index (χ4v) is 2.54. The molecular formula is C9H15N3O4S. The molecule has 96 valence electrons. The number of aryl methyl sites for hydroxylation is 1. The summed E-state index contributed by atoms with van der Waals surface area (Å²) >= 11 is 0. The van der Waals surface area contributed by atoms with Crippen LogP contribution in [0.4, 0.5) is 0 Å². The molecule has 0 radical (unpaired) electrons. The first-order valence-electron chi connectivity index (χ1n) is 5.04. The molecule has 0 atom stereocenters. The van der Waals surface area contributed by atoms with Gasteiger partial charge in [-0.3, -0.25) is 9.48 Å². The molecule has 0 aliphatic carbocycles. The van der Waals surface area contributed by atoms with Gasteiger partial charge in [-0.2, -0.15) is 5.10 Å². The SMILES string of the molecule is Cc1c(S(=O)(=O)NCCCC(=O)O)cnn1C. The summed E-state index contributed by atoms with van der Waals surface area (Å²) in [6, 6.07) is 0. The van der Waals surface area contributed by atoms with Crippen molar-refractivity contribution < 1.29 is 18.3 Å². The van der Waals surface area contributed by atoms with Crippen molar-refractivity contribution in [1.82, 2.24) is 14.5 Å². The van der Waals surface area contributed by atoms with E-state index in [1.807, 2.05) is 0 Å². The summed E-state index contributed by atoms with van der Waals surface area (Å²) in [5.41, 5.74) is 0.538. The minimum atomic E-state index is -3.59. The van der Waals surface area contributed by atoms with Crippen LogP contribution in [0.25, 0.3) is 0 Å². The molecule has 2 N–H and O–H groups in total. The van der Waals surface area contributed by atoms with E-state index in [1.165, 1.54) is 10.9 Å². The lowest BCUT2D eigenvalue weighted by molar-refractivity contribution is -0.137. The predicted molar refractivity (Wildman–Crippen MR) is 60.0 cm³/mol. The molecule has 0 aliphatic heterocycles. The predicted octanol–water partition coefficient (Wildman–Crippen LogP) is -0.128. The number of aromatic nitrogens is 2. The van der Waals surface area contributed by atoms with Crippen molar-refractivity contribution in [3.05, 3.63) is 11.9 Å². The molecular weight excluding hydrogens is 246 g/mol. The Hall–Kier alpha value is -1.41. The van der Waals surface area contributed by atoms with Gasteiger partial charge in [0.25, 0.3) is 0 Å². The third kappa shape index (κ3) is 3.53. The van der Waals surface area contributed by atoms with Crippen LogP contribution in [0.3, 0.4) is 0 Å². The Morgan fingerprint density at radius 3 is 2.71 bits per heavy atom. The highest BCUT2D eigenvalue weighted by Gasteiger charge is 2.19. The number of aliphatic carboxylic acids is 1. The van der Waals surface area contributed by atoms with Crippen molar-refractivity contribution in [1.29, 1.82) is 0 Å². The molecule has 0 aromatic carbocycles. The van der Waals surface area contributed by atoms with Gasteiger partial charge in [-0.15, -0.1) is 0 Å². The summed E-state index contributed by atoms with van der Waals surface area (Å²) in [5, 5.41) is 12.3. The Balaban J connectivity index is 2.64. The molecule has 7 nitrogen and oxygen atoms in total. The van der Waals surface area contributed by atoms with Crippen LogP contribution in [0.1, 0.15) is 18.5 Å². The van der Waals surface area contributed by atoms with Gasteiger partial charge in [0, 0.05) is 20.0 Å². The van der Waals surface area contributed by atoms with E-state index in [0.717, 1.165) is 0 Å². The van der Waals surface area contributed by atoms with Gasteiger partial charge in [-0.05, 0) is 13.3 Å². The lowest BCUT2D eigenvalue weighted by Crippen LogP contribution is -2.25. The average molecular weight is 261 g/mol. The second kappa shape index (κ2) is 5.28. The van der Waals surface area contributed by atoms with E-state index in [9.17, 15) is 13.2 Å². The molecule has 0 spiro atoms. The summed E-state index contributed by atoms with van der Waals surface area (Å²) in [5.74, 6) is -0.943. The van der Waals surface area contributed by atoms with Crippen LogP contribution >= 0.6 is 0 Å². The number of carbonyl (C=O) groups is 1. The Kier molecular flexibility index (Phi) is 4.24. The van der Waals surface area contributed by atoms with E-state index in [4.69, 9.17) is 5.11 Å². The van der Waals surface area contributed by atoms with Gasteiger partial charge in [0.1, 0.15) is 4.90 Å². The number of carboxylic acid groups (broad SMARTS) is 1. The summed E-state index contributed by atoms with van der Waals surface area (Å²) in [4.78, 5) is 10.4. The summed E-state index contributed by atoms with van der Waals surface area (Å²) in [6.07, 6.45) is 1.47. The number of hydrogen-bond acceptors (Lipinski definition) is 4. The second-order valence-electron chi connectivity index (χ2n) is 3.61. The molecule has 1 aromatic heterocycles. The molecule has 0 unspecified atom stereocenters. The maximum absolute atomic E-state index is 11.8. The highest BCUT2D eigenvalue weighted by Crippen LogP contribution is 2.12. The standard InChI is InChI=1S/C9H15N3O4S/c1-7-8(6-10-12(7)2)17(15,16)11-5-3-4-9(13)14/h6,11H,3-5H2,1-2H3,(H,13,14). The van der Waals surface area contributed by atoms with Gasteiger partial charge in [0.2, 0.25) is 10.0 Å². The molecule has 0 saturated heterocycles. The van der Waals surface area contributed by atoms with Crippen molar-refractivity contribution in [2.75, 3.05) is 6.54 Å². The highest BCUT2D eigenvalue weighted by atomic mass is 32.2. The quantitative estimate of drug-likeness (QED) is 0.695. The van der Waals surface area contributed by atoms with Crippen LogP contribution in [0.2, 0.25) is 0 Å². The van der Waals surface area contributed by atoms with Gasteiger partial charge in [-0.1, -0.05) is 0 Å². The number of rotatable bonds is 6. The van der Waals surface area contributed by atoms with Crippen LogP contribution < -0.4 is 4.72 Å². The number of sulfonamides is 1. The maximum Gasteiger partial charge on any atom is 0.303 e. The van der Waals surface area contributed by atoms with Crippen LogP contribution in [-0.4, -0.2) is 35.8 Å². The summed E-state index contributed by atoms with van der Waals surface area (Å²) < 4.78 is 27.4. The monoisotopic (exact) mass is 261 g/mol. The van der Waals surface area contributed by atoms with Crippen molar-refractivity contribution in [3.63, 3.8) is 0 Å². The molecule has 1 rings (SSSR count). The minimum absolute atomic E-state index is 0.0610. The molecule has 0 fully saturated rings. The van der Waals surface area contributed by atoms with Crippen molar-refractivity contribution >= 4 is 16.0 Å². The molecule has 0 aliphatic rings. The first kappa shape index (κ1) is 13.7. The van der Waals surface area contributed by atoms with Gasteiger partial charge in [0.05, 0.1) is 11.9 Å². The molecule has 0 amide bonds. The fourth-order valence-electron chi connectivity index (χ4n) is 1.27. The summed E-state index contributed by atoms with van der Waals surface area (Å²) in [7, 11) is -1.94. The Bertz CT molecular complexity index is 506. The Morgan fingerprint density at radius 1 is 1.59 bits per heavy atom. The fraction of sp³-hybridized carbons (Fsp3) is 0.556. The molecule has 1 aromatic rings. The number of nitrogens with one attached hydrogen (secondary N) is 1. The lowest BCUT2D eigenvalue weighted by atomic mass is 10.3. The third-order valence-electron chi connectivity index (χ3n) is 2.34. The number of carboxylic acids is 1. The smallest absolute Gasteiger partial charge is 0.303 e. The van der Waals surface area contributed by atoms with Gasteiger partial charge in [-0.25, -0.2) is 13.1 Å². The zero-order chi connectivity index (χ0) is 13.1. The average Bonchev–Trinajstić information content (AvgIpc) is 2.55. The molecule has 1 heterocycles. The van der Waals surface area contributed by atoms with E-state index in [1.54, 1.807) is 14.0 Å². The zero-order valence-corrected chi connectivity index (χ0v) is 10.5. The van der Waals surface area contributed by atoms with Gasteiger partial charge in [0.15, 0.2) is 0 Å². The summed E-state index contributed by atoms with van der Waals surface area (Å²) in [6.45, 7) is 1.75. The first-order valence-corrected chi connectivity index (χ1v) is 6.53. The van der Waals surface area contributed by atoms with Crippen molar-refractivity contribution in [3.8, 4) is 0 Å². The topological polar surface area (TPSA) is 101 Å². The maximum atomic E-state index is 11.8. The first-order chi connectivity index (χ1) is 7.84. The van der Waals surface area contributed by atoms with Crippen LogP contribution in [0.5, 0.6) is 0 Å². The Labute approximate surface area is 99.5 Å². The second-order valence-corrected chi connectivity index (χ2v) is 5.35. The molecule has 8 heteroatoms. The molecule has 17 heavy (non-hydrogen) atoms. The molecule has 0 bridgehead atoms. The molecule has 0 saturated carbocycles. The normalized spacial score (nSPS) is 11.6. The number of nitrogens with zero attached hydrogens (tertiary/aromatic N) is 2. The van der Waals surface area contributed by atoms with Gasteiger partial charge >= 0.3 is 5.97 Å². The largest absolute Gasteiger partial charge is 0.481 e. The van der Waals surface area contributed by atoms with Crippen molar-refractivity contribution in [2.45, 2.75) is 24.7 Å². The minimum Gasteiger partial charge on any atom is -0.481 e. The van der Waals surface area contributed by atoms with E-state index in [0.29, 0.717) is 5.69 Å². The van der Waals surface area contributed by atoms with Gasteiger partial charge < -0.3 is 5.11 Å². The van der Waals surface area contributed by atoms with E-state index in [2.05, 4.69) is 9.82 Å². The van der Waals surface area contributed by atoms with E-state index < -0.39 is 16.0 Å². The van der Waals surface area contributed by atoms with E-state index in [-0.39, 0.29) is 24.3 Å². The third-order valence-corrected chi connectivity index (χ3v) is 3.90. The number of hydrogen-bond donors (Lipinski definition) is 2. The Morgan fingerprint density at radius 2 is 2.24 bits per heavy atom. The van der Waals surface area contributed by atoms with Crippen LogP contribution in [0.15, 0.2) is 11.1 Å². The highest BCUT2D eigenvalue weighted by molar-refractivity contribution is 7.89. The van der Waals surface area contributed by atoms with Crippen LogP contribution in [-0.2, 0) is 21.9 Å².